The average molecular weight is 340 g/mol. The Hall–Kier alpha value is -0.420. The van der Waals surface area contributed by atoms with E-state index >= 15 is 0 Å². The highest BCUT2D eigenvalue weighted by atomic mass is 79.9. The average Bonchev–Trinajstić information content (AvgIpc) is 2.80. The van der Waals surface area contributed by atoms with Gasteiger partial charge in [-0.2, -0.15) is 0 Å². The summed E-state index contributed by atoms with van der Waals surface area (Å²) in [7, 11) is 4.42. The van der Waals surface area contributed by atoms with Crippen LogP contribution in [-0.2, 0) is 0 Å². The van der Waals surface area contributed by atoms with E-state index in [0.29, 0.717) is 18.6 Å². The minimum atomic E-state index is 0.302. The molecule has 2 N–H and O–H groups in total. The second-order valence-electron chi connectivity index (χ2n) is 5.98. The summed E-state index contributed by atoms with van der Waals surface area (Å²) in [5, 5.41) is 0. The van der Waals surface area contributed by atoms with E-state index in [-0.39, 0.29) is 0 Å². The number of hydrogen-bond donors (Lipinski definition) is 1. The lowest BCUT2D eigenvalue weighted by atomic mass is 10.0. The van der Waals surface area contributed by atoms with Crippen molar-refractivity contribution >= 4 is 15.9 Å². The van der Waals surface area contributed by atoms with Crippen molar-refractivity contribution in [1.29, 1.82) is 0 Å². The van der Waals surface area contributed by atoms with Crippen molar-refractivity contribution in [3.05, 3.63) is 33.8 Å². The molecule has 1 aliphatic heterocycles. The van der Waals surface area contributed by atoms with Gasteiger partial charge in [-0.1, -0.05) is 28.1 Å². The van der Waals surface area contributed by atoms with E-state index < -0.39 is 0 Å². The molecule has 0 amide bonds. The molecular formula is C16H26BrN3. The molecule has 1 aliphatic rings. The van der Waals surface area contributed by atoms with Crippen LogP contribution in [0, 0.1) is 6.92 Å². The highest BCUT2D eigenvalue weighted by Crippen LogP contribution is 2.25. The minimum Gasteiger partial charge on any atom is -0.329 e. The van der Waals surface area contributed by atoms with Crippen LogP contribution >= 0.6 is 15.9 Å². The molecule has 1 fully saturated rings. The first-order chi connectivity index (χ1) is 9.52. The van der Waals surface area contributed by atoms with Crippen molar-refractivity contribution in [1.82, 2.24) is 9.80 Å². The van der Waals surface area contributed by atoms with Crippen LogP contribution in [0.3, 0.4) is 0 Å². The highest BCUT2D eigenvalue weighted by molar-refractivity contribution is 9.10. The van der Waals surface area contributed by atoms with E-state index in [2.05, 4.69) is 64.9 Å². The summed E-state index contributed by atoms with van der Waals surface area (Å²) in [6.45, 7) is 5.11. The Morgan fingerprint density at radius 3 is 2.80 bits per heavy atom. The van der Waals surface area contributed by atoms with Crippen LogP contribution in [0.5, 0.6) is 0 Å². The fourth-order valence-corrected chi connectivity index (χ4v) is 3.36. The Labute approximate surface area is 131 Å². The van der Waals surface area contributed by atoms with Gasteiger partial charge in [0.05, 0.1) is 0 Å². The van der Waals surface area contributed by atoms with E-state index in [1.165, 1.54) is 30.5 Å². The second kappa shape index (κ2) is 7.03. The van der Waals surface area contributed by atoms with Crippen LogP contribution in [0.4, 0.5) is 0 Å². The number of hydrogen-bond acceptors (Lipinski definition) is 3. The molecule has 0 aliphatic carbocycles. The van der Waals surface area contributed by atoms with Crippen molar-refractivity contribution in [3.63, 3.8) is 0 Å². The van der Waals surface area contributed by atoms with Crippen molar-refractivity contribution < 1.29 is 0 Å². The van der Waals surface area contributed by atoms with E-state index in [1.54, 1.807) is 0 Å². The second-order valence-corrected chi connectivity index (χ2v) is 6.83. The standard InChI is InChI=1S/C16H26BrN3/c1-12-9-13(6-7-15(12)17)16(10-18)20(3)11-14-5-4-8-19(14)2/h6-7,9,14,16H,4-5,8,10-11,18H2,1-3H3. The summed E-state index contributed by atoms with van der Waals surface area (Å²) < 4.78 is 1.16. The number of nitrogens with two attached hydrogens (primary N) is 1. The van der Waals surface area contributed by atoms with Crippen LogP contribution in [0.1, 0.15) is 30.0 Å². The number of likely N-dealkylation sites (N-methyl/N-ethyl adjacent to an activating group) is 2. The van der Waals surface area contributed by atoms with Crippen LogP contribution in [0.15, 0.2) is 22.7 Å². The van der Waals surface area contributed by atoms with Crippen LogP contribution in [0.25, 0.3) is 0 Å². The fraction of sp³-hybridized carbons (Fsp3) is 0.625. The third kappa shape index (κ3) is 3.61. The number of rotatable bonds is 5. The summed E-state index contributed by atoms with van der Waals surface area (Å²) in [5.74, 6) is 0. The molecule has 0 aromatic heterocycles. The molecule has 3 nitrogen and oxygen atoms in total. The first kappa shape index (κ1) is 16.0. The molecular weight excluding hydrogens is 314 g/mol. The van der Waals surface area contributed by atoms with Gasteiger partial charge in [0.1, 0.15) is 0 Å². The van der Waals surface area contributed by atoms with Gasteiger partial charge < -0.3 is 10.6 Å². The fourth-order valence-electron chi connectivity index (χ4n) is 3.12. The van der Waals surface area contributed by atoms with Gasteiger partial charge in [-0.05, 0) is 57.6 Å². The number of likely N-dealkylation sites (tertiary alicyclic amines) is 1. The molecule has 2 atom stereocenters. The van der Waals surface area contributed by atoms with Gasteiger partial charge in [0.25, 0.3) is 0 Å². The lowest BCUT2D eigenvalue weighted by Crippen LogP contribution is -2.40. The van der Waals surface area contributed by atoms with Crippen LogP contribution < -0.4 is 5.73 Å². The number of nitrogens with zero attached hydrogens (tertiary/aromatic N) is 2. The zero-order chi connectivity index (χ0) is 14.7. The Kier molecular flexibility index (Phi) is 5.61. The Balaban J connectivity index is 2.08. The van der Waals surface area contributed by atoms with Gasteiger partial charge in [0.2, 0.25) is 0 Å². The maximum Gasteiger partial charge on any atom is 0.0468 e. The number of aryl methyl sites for hydroxylation is 1. The van der Waals surface area contributed by atoms with E-state index in [4.69, 9.17) is 5.73 Å². The molecule has 1 aromatic carbocycles. The topological polar surface area (TPSA) is 32.5 Å². The zero-order valence-electron chi connectivity index (χ0n) is 12.8. The van der Waals surface area contributed by atoms with Crippen LogP contribution in [-0.4, -0.2) is 49.6 Å². The Morgan fingerprint density at radius 1 is 1.50 bits per heavy atom. The molecule has 0 bridgehead atoms. The first-order valence-electron chi connectivity index (χ1n) is 7.39. The Bertz CT molecular complexity index is 449. The third-order valence-corrected chi connectivity index (χ3v) is 5.38. The predicted molar refractivity (Wildman–Crippen MR) is 89.0 cm³/mol. The molecule has 0 spiro atoms. The summed E-state index contributed by atoms with van der Waals surface area (Å²) >= 11 is 3.56. The number of benzene rings is 1. The van der Waals surface area contributed by atoms with Crippen LogP contribution in [0.2, 0.25) is 0 Å². The molecule has 4 heteroatoms. The SMILES string of the molecule is Cc1cc(C(CN)N(C)CC2CCCN2C)ccc1Br. The molecule has 112 valence electrons. The maximum absolute atomic E-state index is 6.04. The van der Waals surface area contributed by atoms with Crippen molar-refractivity contribution in [2.24, 2.45) is 5.73 Å². The Morgan fingerprint density at radius 2 is 2.25 bits per heavy atom. The zero-order valence-corrected chi connectivity index (χ0v) is 14.4. The summed E-state index contributed by atoms with van der Waals surface area (Å²) in [6, 6.07) is 7.53. The predicted octanol–water partition coefficient (Wildman–Crippen LogP) is 2.78. The quantitative estimate of drug-likeness (QED) is 0.895. The van der Waals surface area contributed by atoms with E-state index in [0.717, 1.165) is 11.0 Å². The van der Waals surface area contributed by atoms with Gasteiger partial charge in [-0.3, -0.25) is 4.90 Å². The maximum atomic E-state index is 6.04. The lowest BCUT2D eigenvalue weighted by Gasteiger charge is -2.32. The van der Waals surface area contributed by atoms with Crippen molar-refractivity contribution in [3.8, 4) is 0 Å². The van der Waals surface area contributed by atoms with Crippen molar-refractivity contribution in [2.45, 2.75) is 31.8 Å². The summed E-state index contributed by atoms with van der Waals surface area (Å²) in [6.07, 6.45) is 2.62. The first-order valence-corrected chi connectivity index (χ1v) is 8.18. The van der Waals surface area contributed by atoms with Gasteiger partial charge in [0.15, 0.2) is 0 Å². The molecule has 20 heavy (non-hydrogen) atoms. The molecule has 0 radical (unpaired) electrons. The van der Waals surface area contributed by atoms with Gasteiger partial charge in [-0.15, -0.1) is 0 Å². The summed E-state index contributed by atoms with van der Waals surface area (Å²) in [4.78, 5) is 4.88. The normalized spacial score (nSPS) is 21.6. The molecule has 2 rings (SSSR count). The monoisotopic (exact) mass is 339 g/mol. The largest absolute Gasteiger partial charge is 0.329 e. The molecule has 1 aromatic rings. The number of halogens is 1. The van der Waals surface area contributed by atoms with Gasteiger partial charge in [-0.25, -0.2) is 0 Å². The van der Waals surface area contributed by atoms with Crippen molar-refractivity contribution in [2.75, 3.05) is 33.7 Å². The molecule has 1 saturated heterocycles. The van der Waals surface area contributed by atoms with E-state index in [9.17, 15) is 0 Å². The summed E-state index contributed by atoms with van der Waals surface area (Å²) in [5.41, 5.74) is 8.62. The lowest BCUT2D eigenvalue weighted by molar-refractivity contribution is 0.179. The molecule has 0 saturated carbocycles. The molecule has 2 unspecified atom stereocenters. The minimum absolute atomic E-state index is 0.302. The third-order valence-electron chi connectivity index (χ3n) is 4.49. The van der Waals surface area contributed by atoms with E-state index in [1.807, 2.05) is 0 Å². The molecule has 1 heterocycles. The highest BCUT2D eigenvalue weighted by Gasteiger charge is 2.25. The smallest absolute Gasteiger partial charge is 0.0468 e. The van der Waals surface area contributed by atoms with Gasteiger partial charge in [0, 0.05) is 29.6 Å². The van der Waals surface area contributed by atoms with Gasteiger partial charge >= 0.3 is 0 Å².